The molecule has 0 aliphatic heterocycles. The van der Waals surface area contributed by atoms with E-state index in [1.54, 1.807) is 12.1 Å². The summed E-state index contributed by atoms with van der Waals surface area (Å²) in [6.07, 6.45) is 3.66. The van der Waals surface area contributed by atoms with Gasteiger partial charge in [-0.3, -0.25) is 0 Å². The van der Waals surface area contributed by atoms with Gasteiger partial charge in [-0.25, -0.2) is 9.59 Å². The van der Waals surface area contributed by atoms with Crippen molar-refractivity contribution in [3.05, 3.63) is 21.9 Å². The summed E-state index contributed by atoms with van der Waals surface area (Å²) in [5, 5.41) is 0. The van der Waals surface area contributed by atoms with E-state index < -0.39 is 0 Å². The van der Waals surface area contributed by atoms with Gasteiger partial charge in [0.25, 0.3) is 0 Å². The molecule has 0 N–H and O–H groups in total. The smallest absolute Gasteiger partial charge is 0.348 e. The van der Waals surface area contributed by atoms with Gasteiger partial charge in [0.05, 0.1) is 13.2 Å². The second-order valence-corrected chi connectivity index (χ2v) is 5.23. The first-order valence-corrected chi connectivity index (χ1v) is 7.44. The molecule has 0 bridgehead atoms. The van der Waals surface area contributed by atoms with Gasteiger partial charge in [0, 0.05) is 0 Å². The maximum absolute atomic E-state index is 11.7. The number of hydrogen-bond donors (Lipinski definition) is 0. The van der Waals surface area contributed by atoms with E-state index in [1.165, 1.54) is 0 Å². The fourth-order valence-electron chi connectivity index (χ4n) is 1.32. The van der Waals surface area contributed by atoms with Crippen molar-refractivity contribution in [3.8, 4) is 0 Å². The minimum absolute atomic E-state index is 0.369. The summed E-state index contributed by atoms with van der Waals surface area (Å²) >= 11 is 1.12. The Morgan fingerprint density at radius 2 is 1.37 bits per heavy atom. The molecular weight excluding hydrogens is 264 g/mol. The third-order valence-corrected chi connectivity index (χ3v) is 3.52. The zero-order valence-electron chi connectivity index (χ0n) is 11.4. The van der Waals surface area contributed by atoms with Crippen LogP contribution in [0.4, 0.5) is 0 Å². The van der Waals surface area contributed by atoms with Crippen LogP contribution in [0.15, 0.2) is 12.1 Å². The third-order valence-electron chi connectivity index (χ3n) is 2.47. The van der Waals surface area contributed by atoms with Crippen molar-refractivity contribution >= 4 is 23.3 Å². The van der Waals surface area contributed by atoms with Crippen LogP contribution in [-0.4, -0.2) is 25.2 Å². The highest BCUT2D eigenvalue weighted by Crippen LogP contribution is 2.18. The predicted octanol–water partition coefficient (Wildman–Crippen LogP) is 3.66. The third kappa shape index (κ3) is 5.42. The van der Waals surface area contributed by atoms with E-state index in [9.17, 15) is 9.59 Å². The van der Waals surface area contributed by atoms with E-state index >= 15 is 0 Å². The van der Waals surface area contributed by atoms with Crippen LogP contribution in [0.5, 0.6) is 0 Å². The highest BCUT2D eigenvalue weighted by atomic mass is 32.1. The molecule has 0 saturated heterocycles. The maximum Gasteiger partial charge on any atom is 0.348 e. The Morgan fingerprint density at radius 3 is 1.74 bits per heavy atom. The molecule has 0 radical (unpaired) electrons. The number of hydrogen-bond acceptors (Lipinski definition) is 5. The molecule has 19 heavy (non-hydrogen) atoms. The molecule has 1 aromatic rings. The van der Waals surface area contributed by atoms with E-state index in [-0.39, 0.29) is 11.9 Å². The van der Waals surface area contributed by atoms with E-state index in [2.05, 4.69) is 0 Å². The average Bonchev–Trinajstić information content (AvgIpc) is 2.89. The van der Waals surface area contributed by atoms with Gasteiger partial charge >= 0.3 is 11.9 Å². The van der Waals surface area contributed by atoms with Crippen LogP contribution in [0.3, 0.4) is 0 Å². The fourth-order valence-corrected chi connectivity index (χ4v) is 2.11. The van der Waals surface area contributed by atoms with Crippen LogP contribution in [-0.2, 0) is 9.47 Å². The Bertz CT molecular complexity index is 375. The molecule has 5 heteroatoms. The van der Waals surface area contributed by atoms with Crippen LogP contribution < -0.4 is 0 Å². The van der Waals surface area contributed by atoms with E-state index in [0.717, 1.165) is 37.0 Å². The Kier molecular flexibility index (Phi) is 7.18. The Hall–Kier alpha value is -1.36. The maximum atomic E-state index is 11.7. The number of esters is 2. The molecule has 0 atom stereocenters. The molecule has 0 unspecified atom stereocenters. The first-order chi connectivity index (χ1) is 9.19. The second kappa shape index (κ2) is 8.69. The van der Waals surface area contributed by atoms with Gasteiger partial charge in [0.2, 0.25) is 0 Å². The summed E-state index contributed by atoms with van der Waals surface area (Å²) in [5.74, 6) is -0.739. The minimum Gasteiger partial charge on any atom is -0.462 e. The first kappa shape index (κ1) is 15.7. The fraction of sp³-hybridized carbons (Fsp3) is 0.571. The molecule has 0 saturated carbocycles. The lowest BCUT2D eigenvalue weighted by molar-refractivity contribution is 0.0498. The van der Waals surface area contributed by atoms with Crippen molar-refractivity contribution in [1.29, 1.82) is 0 Å². The van der Waals surface area contributed by atoms with Gasteiger partial charge in [-0.15, -0.1) is 11.3 Å². The molecule has 1 heterocycles. The van der Waals surface area contributed by atoms with Crippen LogP contribution in [0.2, 0.25) is 0 Å². The second-order valence-electron chi connectivity index (χ2n) is 4.14. The number of carbonyl (C=O) groups excluding carboxylic acids is 2. The molecule has 0 aromatic carbocycles. The topological polar surface area (TPSA) is 52.6 Å². The summed E-state index contributed by atoms with van der Waals surface area (Å²) in [5.41, 5.74) is 0. The van der Waals surface area contributed by atoms with E-state index in [1.807, 2.05) is 13.8 Å². The molecular formula is C14H20O4S. The van der Waals surface area contributed by atoms with Gasteiger partial charge in [-0.2, -0.15) is 0 Å². The number of ether oxygens (including phenoxy) is 2. The number of thiophene rings is 1. The van der Waals surface area contributed by atoms with Gasteiger partial charge in [0.15, 0.2) is 0 Å². The normalized spacial score (nSPS) is 10.2. The molecule has 106 valence electrons. The van der Waals surface area contributed by atoms with Crippen molar-refractivity contribution in [2.45, 2.75) is 39.5 Å². The quantitative estimate of drug-likeness (QED) is 0.540. The summed E-state index contributed by atoms with van der Waals surface area (Å²) in [6, 6.07) is 3.21. The van der Waals surface area contributed by atoms with Crippen molar-refractivity contribution in [1.82, 2.24) is 0 Å². The lowest BCUT2D eigenvalue weighted by atomic mass is 10.3. The molecule has 4 nitrogen and oxygen atoms in total. The van der Waals surface area contributed by atoms with Gasteiger partial charge < -0.3 is 9.47 Å². The molecule has 0 aliphatic carbocycles. The zero-order chi connectivity index (χ0) is 14.1. The number of rotatable bonds is 8. The molecule has 0 amide bonds. The summed E-state index contributed by atoms with van der Waals surface area (Å²) in [6.45, 7) is 4.90. The average molecular weight is 284 g/mol. The van der Waals surface area contributed by atoms with Crippen molar-refractivity contribution in [3.63, 3.8) is 0 Å². The summed E-state index contributed by atoms with van der Waals surface area (Å²) < 4.78 is 10.2. The highest BCUT2D eigenvalue weighted by Gasteiger charge is 2.15. The summed E-state index contributed by atoms with van der Waals surface area (Å²) in [4.78, 5) is 24.2. The first-order valence-electron chi connectivity index (χ1n) is 6.63. The van der Waals surface area contributed by atoms with Crippen molar-refractivity contribution in [2.24, 2.45) is 0 Å². The van der Waals surface area contributed by atoms with Gasteiger partial charge in [0.1, 0.15) is 9.75 Å². The van der Waals surface area contributed by atoms with Gasteiger partial charge in [-0.05, 0) is 25.0 Å². The van der Waals surface area contributed by atoms with Crippen LogP contribution in [0, 0.1) is 0 Å². The molecule has 0 aliphatic rings. The van der Waals surface area contributed by atoms with Crippen molar-refractivity contribution in [2.75, 3.05) is 13.2 Å². The van der Waals surface area contributed by atoms with Gasteiger partial charge in [-0.1, -0.05) is 26.7 Å². The van der Waals surface area contributed by atoms with E-state index in [0.29, 0.717) is 23.0 Å². The SMILES string of the molecule is CCCCOC(=O)c1ccc(C(=O)OCCCC)s1. The molecule has 0 spiro atoms. The monoisotopic (exact) mass is 284 g/mol. The zero-order valence-corrected chi connectivity index (χ0v) is 12.3. The number of carbonyl (C=O) groups is 2. The largest absolute Gasteiger partial charge is 0.462 e. The van der Waals surface area contributed by atoms with Crippen LogP contribution >= 0.6 is 11.3 Å². The summed E-state index contributed by atoms with van der Waals surface area (Å²) in [7, 11) is 0. The standard InChI is InChI=1S/C14H20O4S/c1-3-5-9-17-13(15)11-7-8-12(19-11)14(16)18-10-6-4-2/h7-8H,3-6,9-10H2,1-2H3. The Balaban J connectivity index is 2.46. The minimum atomic E-state index is -0.369. The van der Waals surface area contributed by atoms with Crippen LogP contribution in [0.25, 0.3) is 0 Å². The van der Waals surface area contributed by atoms with Crippen molar-refractivity contribution < 1.29 is 19.1 Å². The molecule has 0 fully saturated rings. The Labute approximate surface area is 117 Å². The highest BCUT2D eigenvalue weighted by molar-refractivity contribution is 7.15. The Morgan fingerprint density at radius 1 is 0.947 bits per heavy atom. The lowest BCUT2D eigenvalue weighted by Gasteiger charge is -2.01. The molecule has 1 aromatic heterocycles. The number of unbranched alkanes of at least 4 members (excludes halogenated alkanes) is 2. The van der Waals surface area contributed by atoms with Crippen LogP contribution in [0.1, 0.15) is 58.9 Å². The van der Waals surface area contributed by atoms with E-state index in [4.69, 9.17) is 9.47 Å². The lowest BCUT2D eigenvalue weighted by Crippen LogP contribution is -2.05. The predicted molar refractivity (Wildman–Crippen MR) is 74.7 cm³/mol. The molecule has 1 rings (SSSR count).